The number of hydrogen-bond acceptors (Lipinski definition) is 10. The maximum atomic E-state index is 12.8. The second-order valence-corrected chi connectivity index (χ2v) is 15.4. The fourth-order valence-corrected chi connectivity index (χ4v) is 6.18. The van der Waals surface area contributed by atoms with Crippen molar-refractivity contribution in [3.63, 3.8) is 0 Å². The minimum Gasteiger partial charge on any atom is -0.462 e. The summed E-state index contributed by atoms with van der Waals surface area (Å²) < 4.78 is 22.1. The van der Waals surface area contributed by atoms with Crippen LogP contribution in [-0.2, 0) is 28.5 Å². The van der Waals surface area contributed by atoms with Gasteiger partial charge >= 0.3 is 11.9 Å². The molecule has 0 radical (unpaired) electrons. The normalized spacial score (nSPS) is 20.6. The zero-order chi connectivity index (χ0) is 45.9. The minimum absolute atomic E-state index is 0.175. The Morgan fingerprint density at radius 2 is 0.889 bits per heavy atom. The molecule has 10 heteroatoms. The molecule has 354 valence electrons. The molecule has 0 aliphatic carbocycles. The van der Waals surface area contributed by atoms with Crippen molar-refractivity contribution in [1.82, 2.24) is 0 Å². The van der Waals surface area contributed by atoms with Crippen LogP contribution in [0.5, 0.6) is 0 Å². The standard InChI is InChI=1S/C53H82O10/c1-3-5-7-9-11-13-15-17-19-21-23-25-27-29-31-33-35-37-39-41-48(55)60-44-46(45-61-53-52(59)51(58)50(57)47(43-54)63-53)62-49(56)42-40-38-36-34-32-30-28-26-24-22-20-18-16-14-12-10-8-6-4-2/h5-8,11-14,17-20,23-26,29-32,46-47,50-54,57-59H,3-4,9-10,15-16,21-22,27-28,33-45H2,1-2H3/b7-5+,8-6+,13-11+,14-12+,19-17+,20-18+,25-23+,26-24+,31-29+,32-30+/t46-,47-,50+,51?,52?,53-/m0/s1. The highest BCUT2D eigenvalue weighted by Gasteiger charge is 2.44. The van der Waals surface area contributed by atoms with E-state index in [1.807, 2.05) is 0 Å². The van der Waals surface area contributed by atoms with Crippen molar-refractivity contribution in [3.05, 3.63) is 122 Å². The van der Waals surface area contributed by atoms with E-state index < -0.39 is 55.4 Å². The molecule has 0 bridgehead atoms. The zero-order valence-corrected chi connectivity index (χ0v) is 38.5. The summed E-state index contributed by atoms with van der Waals surface area (Å²) in [6, 6.07) is 0. The van der Waals surface area contributed by atoms with Crippen molar-refractivity contribution < 1.29 is 49.0 Å². The number of unbranched alkanes of at least 4 members (excludes halogenated alkanes) is 6. The lowest BCUT2D eigenvalue weighted by Gasteiger charge is -2.39. The van der Waals surface area contributed by atoms with Crippen molar-refractivity contribution in [3.8, 4) is 0 Å². The van der Waals surface area contributed by atoms with Crippen LogP contribution in [0.1, 0.15) is 142 Å². The molecule has 6 atom stereocenters. The SMILES string of the molecule is CC/C=C/C/C=C/C/C=C/C/C=C/C/C=C/CCCCCC(=O)OC[C@@H](CO[C@H]1O[C@@H](CO)[C@@H](O)C(O)C1O)OC(=O)CCCCC/C=C/C/C=C/C/C=C/C/C=C/C/C=C/CC. The highest BCUT2D eigenvalue weighted by atomic mass is 16.7. The molecular weight excluding hydrogens is 797 g/mol. The quantitative estimate of drug-likeness (QED) is 0.0270. The molecule has 1 aliphatic heterocycles. The Bertz CT molecular complexity index is 1430. The first-order chi connectivity index (χ1) is 30.8. The van der Waals surface area contributed by atoms with Gasteiger partial charge in [0.1, 0.15) is 31.0 Å². The van der Waals surface area contributed by atoms with Gasteiger partial charge < -0.3 is 39.4 Å². The molecule has 1 rings (SSSR count). The molecule has 0 aromatic carbocycles. The van der Waals surface area contributed by atoms with E-state index in [1.165, 1.54) is 0 Å². The van der Waals surface area contributed by atoms with Crippen LogP contribution in [-0.4, -0.2) is 89.0 Å². The smallest absolute Gasteiger partial charge is 0.306 e. The molecule has 2 unspecified atom stereocenters. The van der Waals surface area contributed by atoms with Crippen LogP contribution in [0.15, 0.2) is 122 Å². The molecule has 1 aliphatic rings. The lowest BCUT2D eigenvalue weighted by atomic mass is 9.99. The third-order valence-electron chi connectivity index (χ3n) is 9.84. The fraction of sp³-hybridized carbons (Fsp3) is 0.585. The van der Waals surface area contributed by atoms with E-state index >= 15 is 0 Å². The van der Waals surface area contributed by atoms with Gasteiger partial charge in [0.25, 0.3) is 0 Å². The highest BCUT2D eigenvalue weighted by Crippen LogP contribution is 2.22. The Kier molecular flexibility index (Phi) is 38.1. The molecule has 0 saturated carbocycles. The first-order valence-corrected chi connectivity index (χ1v) is 23.6. The largest absolute Gasteiger partial charge is 0.462 e. The monoisotopic (exact) mass is 879 g/mol. The number of rotatable bonds is 37. The zero-order valence-electron chi connectivity index (χ0n) is 38.5. The van der Waals surface area contributed by atoms with Gasteiger partial charge in [-0.3, -0.25) is 9.59 Å². The van der Waals surface area contributed by atoms with E-state index in [9.17, 15) is 30.0 Å². The number of esters is 2. The molecule has 1 fully saturated rings. The summed E-state index contributed by atoms with van der Waals surface area (Å²) in [6.45, 7) is 3.10. The fourth-order valence-electron chi connectivity index (χ4n) is 6.18. The van der Waals surface area contributed by atoms with Crippen molar-refractivity contribution in [2.75, 3.05) is 19.8 Å². The average molecular weight is 879 g/mol. The average Bonchev–Trinajstić information content (AvgIpc) is 3.28. The molecular formula is C53H82O10. The summed E-state index contributed by atoms with van der Waals surface area (Å²) >= 11 is 0. The van der Waals surface area contributed by atoms with Crippen LogP contribution in [0, 0.1) is 0 Å². The molecule has 0 aromatic rings. The lowest BCUT2D eigenvalue weighted by molar-refractivity contribution is -0.305. The van der Waals surface area contributed by atoms with Gasteiger partial charge in [0.2, 0.25) is 0 Å². The summed E-state index contributed by atoms with van der Waals surface area (Å²) in [6.07, 6.45) is 52.0. The molecule has 0 amide bonds. The molecule has 4 N–H and O–H groups in total. The summed E-state index contributed by atoms with van der Waals surface area (Å²) in [7, 11) is 0. The summed E-state index contributed by atoms with van der Waals surface area (Å²) in [5.74, 6) is -0.896. The van der Waals surface area contributed by atoms with Gasteiger partial charge in [-0.2, -0.15) is 0 Å². The summed E-state index contributed by atoms with van der Waals surface area (Å²) in [5, 5.41) is 40.1. The third kappa shape index (κ3) is 33.3. The highest BCUT2D eigenvalue weighted by molar-refractivity contribution is 5.70. The van der Waals surface area contributed by atoms with Crippen LogP contribution in [0.25, 0.3) is 0 Å². The minimum atomic E-state index is -1.62. The first-order valence-electron chi connectivity index (χ1n) is 23.6. The molecule has 1 heterocycles. The van der Waals surface area contributed by atoms with Crippen molar-refractivity contribution in [1.29, 1.82) is 0 Å². The van der Waals surface area contributed by atoms with Gasteiger partial charge in [0.05, 0.1) is 13.2 Å². The number of carbonyl (C=O) groups is 2. The second kappa shape index (κ2) is 42.1. The van der Waals surface area contributed by atoms with Gasteiger partial charge in [-0.1, -0.05) is 148 Å². The predicted octanol–water partition coefficient (Wildman–Crippen LogP) is 10.7. The molecule has 10 nitrogen and oxygen atoms in total. The maximum absolute atomic E-state index is 12.8. The van der Waals surface area contributed by atoms with Crippen molar-refractivity contribution in [2.24, 2.45) is 0 Å². The first kappa shape index (κ1) is 57.1. The van der Waals surface area contributed by atoms with Gasteiger partial charge in [0.15, 0.2) is 12.4 Å². The van der Waals surface area contributed by atoms with E-state index in [0.29, 0.717) is 12.8 Å². The van der Waals surface area contributed by atoms with E-state index in [1.54, 1.807) is 0 Å². The number of ether oxygens (including phenoxy) is 4. The Morgan fingerprint density at radius 1 is 0.492 bits per heavy atom. The molecule has 0 aromatic heterocycles. The Hall–Kier alpha value is -3.90. The van der Waals surface area contributed by atoms with Crippen LogP contribution in [0.2, 0.25) is 0 Å². The summed E-state index contributed by atoms with van der Waals surface area (Å²) in [5.41, 5.74) is 0. The molecule has 63 heavy (non-hydrogen) atoms. The van der Waals surface area contributed by atoms with Gasteiger partial charge in [0, 0.05) is 12.8 Å². The number of hydrogen-bond donors (Lipinski definition) is 4. The Labute approximate surface area is 380 Å². The van der Waals surface area contributed by atoms with E-state index in [2.05, 4.69) is 135 Å². The van der Waals surface area contributed by atoms with Gasteiger partial charge in [-0.25, -0.2) is 0 Å². The topological polar surface area (TPSA) is 152 Å². The lowest BCUT2D eigenvalue weighted by Crippen LogP contribution is -2.59. The van der Waals surface area contributed by atoms with Gasteiger partial charge in [-0.15, -0.1) is 0 Å². The van der Waals surface area contributed by atoms with Crippen molar-refractivity contribution >= 4 is 11.9 Å². The van der Waals surface area contributed by atoms with Crippen LogP contribution < -0.4 is 0 Å². The Balaban J connectivity index is 2.38. The number of aliphatic hydroxyl groups is 4. The molecule has 1 saturated heterocycles. The second-order valence-electron chi connectivity index (χ2n) is 15.4. The maximum Gasteiger partial charge on any atom is 0.306 e. The third-order valence-corrected chi connectivity index (χ3v) is 9.84. The van der Waals surface area contributed by atoms with Crippen molar-refractivity contribution in [2.45, 2.75) is 179 Å². The number of aliphatic hydroxyl groups excluding tert-OH is 4. The molecule has 0 spiro atoms. The van der Waals surface area contributed by atoms with Crippen LogP contribution in [0.4, 0.5) is 0 Å². The number of carbonyl (C=O) groups excluding carboxylic acids is 2. The van der Waals surface area contributed by atoms with E-state index in [0.717, 1.165) is 103 Å². The van der Waals surface area contributed by atoms with Crippen LogP contribution in [0.3, 0.4) is 0 Å². The van der Waals surface area contributed by atoms with E-state index in [4.69, 9.17) is 18.9 Å². The van der Waals surface area contributed by atoms with Crippen LogP contribution >= 0.6 is 0 Å². The van der Waals surface area contributed by atoms with Gasteiger partial charge in [-0.05, 0) is 103 Å². The number of allylic oxidation sites excluding steroid dienone is 20. The summed E-state index contributed by atoms with van der Waals surface area (Å²) in [4.78, 5) is 25.4. The predicted molar refractivity (Wildman–Crippen MR) is 256 cm³/mol. The Morgan fingerprint density at radius 3 is 1.30 bits per heavy atom. The van der Waals surface area contributed by atoms with E-state index in [-0.39, 0.29) is 26.1 Å².